The summed E-state index contributed by atoms with van der Waals surface area (Å²) in [6.45, 7) is 6.57. The van der Waals surface area contributed by atoms with Gasteiger partial charge >= 0.3 is 12.0 Å². The Morgan fingerprint density at radius 2 is 2.10 bits per heavy atom. The van der Waals surface area contributed by atoms with Gasteiger partial charge < -0.3 is 15.7 Å². The standard InChI is InChI=1S/C14H23N3O3S/c1-14(2,3)8-10(12(18)19)9-17-13(20)16-5-4-11-15-6-7-21-11/h6-7,10H,4-5,8-9H2,1-3H3,(H,18,19)(H2,16,17,20). The number of nitrogens with zero attached hydrogens (tertiary/aromatic N) is 1. The molecule has 1 rings (SSSR count). The van der Waals surface area contributed by atoms with Gasteiger partial charge in [-0.25, -0.2) is 9.78 Å². The fraction of sp³-hybridized carbons (Fsp3) is 0.643. The number of aliphatic carboxylic acids is 1. The van der Waals surface area contributed by atoms with Crippen LogP contribution in [0.15, 0.2) is 11.6 Å². The molecule has 0 saturated heterocycles. The average Bonchev–Trinajstić information content (AvgIpc) is 2.86. The van der Waals surface area contributed by atoms with Crippen LogP contribution in [0.4, 0.5) is 4.79 Å². The lowest BCUT2D eigenvalue weighted by molar-refractivity contribution is -0.142. The summed E-state index contributed by atoms with van der Waals surface area (Å²) in [5.74, 6) is -1.46. The van der Waals surface area contributed by atoms with Crippen molar-refractivity contribution in [2.24, 2.45) is 11.3 Å². The van der Waals surface area contributed by atoms with Gasteiger partial charge in [0.25, 0.3) is 0 Å². The molecule has 0 aromatic carbocycles. The molecule has 0 fully saturated rings. The summed E-state index contributed by atoms with van der Waals surface area (Å²) in [6.07, 6.45) is 2.92. The van der Waals surface area contributed by atoms with Gasteiger partial charge in [-0.2, -0.15) is 0 Å². The molecule has 1 aromatic heterocycles. The van der Waals surface area contributed by atoms with Gasteiger partial charge in [-0.05, 0) is 11.8 Å². The van der Waals surface area contributed by atoms with E-state index in [1.165, 1.54) is 0 Å². The van der Waals surface area contributed by atoms with Crippen LogP contribution in [-0.2, 0) is 11.2 Å². The minimum Gasteiger partial charge on any atom is -0.481 e. The first-order chi connectivity index (χ1) is 9.78. The summed E-state index contributed by atoms with van der Waals surface area (Å²) in [4.78, 5) is 26.9. The summed E-state index contributed by atoms with van der Waals surface area (Å²) >= 11 is 1.54. The Kier molecular flexibility index (Phi) is 6.61. The molecule has 118 valence electrons. The van der Waals surface area contributed by atoms with Crippen molar-refractivity contribution in [1.82, 2.24) is 15.6 Å². The van der Waals surface area contributed by atoms with Crippen LogP contribution in [-0.4, -0.2) is 35.2 Å². The largest absolute Gasteiger partial charge is 0.481 e. The third-order valence-electron chi connectivity index (χ3n) is 2.82. The summed E-state index contributed by atoms with van der Waals surface area (Å²) in [7, 11) is 0. The van der Waals surface area contributed by atoms with Gasteiger partial charge in [0.2, 0.25) is 0 Å². The van der Waals surface area contributed by atoms with Crippen LogP contribution < -0.4 is 10.6 Å². The molecule has 0 bridgehead atoms. The van der Waals surface area contributed by atoms with E-state index in [0.29, 0.717) is 19.4 Å². The van der Waals surface area contributed by atoms with E-state index in [9.17, 15) is 14.7 Å². The highest BCUT2D eigenvalue weighted by molar-refractivity contribution is 7.09. The number of urea groups is 1. The second-order valence-corrected chi connectivity index (χ2v) is 7.09. The zero-order chi connectivity index (χ0) is 15.9. The molecule has 0 radical (unpaired) electrons. The topological polar surface area (TPSA) is 91.3 Å². The van der Waals surface area contributed by atoms with Crippen LogP contribution in [0.1, 0.15) is 32.2 Å². The number of thiazole rings is 1. The number of carboxylic acids is 1. The number of hydrogen-bond donors (Lipinski definition) is 3. The second-order valence-electron chi connectivity index (χ2n) is 6.11. The molecule has 1 aromatic rings. The van der Waals surface area contributed by atoms with Crippen LogP contribution in [0, 0.1) is 11.3 Å². The third-order valence-corrected chi connectivity index (χ3v) is 3.66. The zero-order valence-corrected chi connectivity index (χ0v) is 13.5. The van der Waals surface area contributed by atoms with Gasteiger partial charge in [0.1, 0.15) is 0 Å². The molecular weight excluding hydrogens is 290 g/mol. The van der Waals surface area contributed by atoms with Gasteiger partial charge in [0.15, 0.2) is 0 Å². The Morgan fingerprint density at radius 3 is 2.62 bits per heavy atom. The molecule has 7 heteroatoms. The number of hydrogen-bond acceptors (Lipinski definition) is 4. The molecular formula is C14H23N3O3S. The molecule has 3 N–H and O–H groups in total. The van der Waals surface area contributed by atoms with Crippen LogP contribution >= 0.6 is 11.3 Å². The predicted octanol–water partition coefficient (Wildman–Crippen LogP) is 2.12. The van der Waals surface area contributed by atoms with Gasteiger partial charge in [-0.15, -0.1) is 11.3 Å². The highest BCUT2D eigenvalue weighted by Gasteiger charge is 2.24. The van der Waals surface area contributed by atoms with Crippen molar-refractivity contribution in [2.45, 2.75) is 33.6 Å². The summed E-state index contributed by atoms with van der Waals surface area (Å²) in [6, 6.07) is -0.341. The first kappa shape index (κ1) is 17.4. The van der Waals surface area contributed by atoms with Gasteiger partial charge in [-0.1, -0.05) is 20.8 Å². The van der Waals surface area contributed by atoms with Gasteiger partial charge in [0.05, 0.1) is 10.9 Å². The van der Waals surface area contributed by atoms with Crippen molar-refractivity contribution in [1.29, 1.82) is 0 Å². The number of carbonyl (C=O) groups is 2. The molecule has 0 aliphatic carbocycles. The van der Waals surface area contributed by atoms with E-state index in [0.717, 1.165) is 5.01 Å². The molecule has 6 nitrogen and oxygen atoms in total. The molecule has 2 amide bonds. The number of carbonyl (C=O) groups excluding carboxylic acids is 1. The minimum absolute atomic E-state index is 0.0912. The van der Waals surface area contributed by atoms with Crippen molar-refractivity contribution >= 4 is 23.3 Å². The van der Waals surface area contributed by atoms with E-state index in [-0.39, 0.29) is 18.0 Å². The Labute approximate surface area is 129 Å². The first-order valence-electron chi connectivity index (χ1n) is 6.91. The lowest BCUT2D eigenvalue weighted by atomic mass is 9.84. The fourth-order valence-electron chi connectivity index (χ4n) is 1.92. The third kappa shape index (κ3) is 7.65. The number of carboxylic acid groups (broad SMARTS) is 1. The molecule has 0 aliphatic heterocycles. The molecule has 1 unspecified atom stereocenters. The van der Waals surface area contributed by atoms with E-state index < -0.39 is 11.9 Å². The Morgan fingerprint density at radius 1 is 1.38 bits per heavy atom. The van der Waals surface area contributed by atoms with E-state index in [4.69, 9.17) is 0 Å². The summed E-state index contributed by atoms with van der Waals surface area (Å²) < 4.78 is 0. The second kappa shape index (κ2) is 7.97. The molecule has 21 heavy (non-hydrogen) atoms. The molecule has 0 saturated carbocycles. The molecule has 0 spiro atoms. The number of rotatable bonds is 7. The van der Waals surface area contributed by atoms with Crippen LogP contribution in [0.3, 0.4) is 0 Å². The minimum atomic E-state index is -0.881. The quantitative estimate of drug-likeness (QED) is 0.719. The summed E-state index contributed by atoms with van der Waals surface area (Å²) in [5.41, 5.74) is -0.0912. The Balaban J connectivity index is 2.27. The fourth-order valence-corrected chi connectivity index (χ4v) is 2.54. The van der Waals surface area contributed by atoms with E-state index in [1.54, 1.807) is 17.5 Å². The van der Waals surface area contributed by atoms with E-state index in [2.05, 4.69) is 15.6 Å². The molecule has 0 aliphatic rings. The van der Waals surface area contributed by atoms with Crippen molar-refractivity contribution < 1.29 is 14.7 Å². The monoisotopic (exact) mass is 313 g/mol. The van der Waals surface area contributed by atoms with Crippen molar-refractivity contribution in [3.63, 3.8) is 0 Å². The van der Waals surface area contributed by atoms with Crippen molar-refractivity contribution in [3.05, 3.63) is 16.6 Å². The highest BCUT2D eigenvalue weighted by atomic mass is 32.1. The molecule has 1 heterocycles. The molecule has 1 atom stereocenters. The zero-order valence-electron chi connectivity index (χ0n) is 12.7. The number of amides is 2. The number of aromatic nitrogens is 1. The maximum atomic E-state index is 11.6. The normalized spacial score (nSPS) is 12.7. The van der Waals surface area contributed by atoms with Crippen molar-refractivity contribution in [3.8, 4) is 0 Å². The maximum absolute atomic E-state index is 11.6. The van der Waals surface area contributed by atoms with Crippen LogP contribution in [0.25, 0.3) is 0 Å². The SMILES string of the molecule is CC(C)(C)CC(CNC(=O)NCCc1nccs1)C(=O)O. The van der Waals surface area contributed by atoms with Crippen LogP contribution in [0.5, 0.6) is 0 Å². The summed E-state index contributed by atoms with van der Waals surface area (Å²) in [5, 5.41) is 17.3. The van der Waals surface area contributed by atoms with E-state index in [1.807, 2.05) is 26.2 Å². The highest BCUT2D eigenvalue weighted by Crippen LogP contribution is 2.24. The van der Waals surface area contributed by atoms with Crippen LogP contribution in [0.2, 0.25) is 0 Å². The number of nitrogens with one attached hydrogen (secondary N) is 2. The predicted molar refractivity (Wildman–Crippen MR) is 82.4 cm³/mol. The maximum Gasteiger partial charge on any atom is 0.314 e. The Bertz CT molecular complexity index is 455. The first-order valence-corrected chi connectivity index (χ1v) is 7.79. The van der Waals surface area contributed by atoms with Gasteiger partial charge in [-0.3, -0.25) is 4.79 Å². The van der Waals surface area contributed by atoms with Gasteiger partial charge in [0, 0.05) is 31.1 Å². The average molecular weight is 313 g/mol. The lowest BCUT2D eigenvalue weighted by Gasteiger charge is -2.23. The van der Waals surface area contributed by atoms with Crippen molar-refractivity contribution in [2.75, 3.05) is 13.1 Å². The van der Waals surface area contributed by atoms with E-state index >= 15 is 0 Å². The Hall–Kier alpha value is -1.63. The lowest BCUT2D eigenvalue weighted by Crippen LogP contribution is -2.41. The smallest absolute Gasteiger partial charge is 0.314 e.